The summed E-state index contributed by atoms with van der Waals surface area (Å²) < 4.78 is 41.9. The summed E-state index contributed by atoms with van der Waals surface area (Å²) in [6, 6.07) is 7.30. The summed E-state index contributed by atoms with van der Waals surface area (Å²) >= 11 is 0. The molecule has 0 aliphatic carbocycles. The number of hydrogen-bond acceptors (Lipinski definition) is 7. The summed E-state index contributed by atoms with van der Waals surface area (Å²) in [7, 11) is -1.79. The number of nitrogens with zero attached hydrogens (tertiary/aromatic N) is 1. The van der Waals surface area contributed by atoms with Crippen molar-refractivity contribution in [3.05, 3.63) is 81.2 Å². The lowest BCUT2D eigenvalue weighted by Gasteiger charge is -2.30. The van der Waals surface area contributed by atoms with Crippen LogP contribution < -0.4 is 14.9 Å². The van der Waals surface area contributed by atoms with Crippen LogP contribution in [0.4, 0.5) is 0 Å². The van der Waals surface area contributed by atoms with Gasteiger partial charge in [-0.2, -0.15) is 0 Å². The zero-order valence-electron chi connectivity index (χ0n) is 20.4. The number of methoxy groups -OCH3 is 1. The van der Waals surface area contributed by atoms with Crippen LogP contribution in [0.3, 0.4) is 0 Å². The van der Waals surface area contributed by atoms with Gasteiger partial charge in [0.2, 0.25) is 5.76 Å². The second-order valence-electron chi connectivity index (χ2n) is 9.29. The van der Waals surface area contributed by atoms with Gasteiger partial charge in [-0.05, 0) is 61.2 Å². The largest absolute Gasteiger partial charge is 0.493 e. The van der Waals surface area contributed by atoms with E-state index < -0.39 is 27.8 Å². The van der Waals surface area contributed by atoms with Crippen molar-refractivity contribution in [3.8, 4) is 11.5 Å². The molecule has 0 radical (unpaired) electrons. The fourth-order valence-electron chi connectivity index (χ4n) is 5.07. The Labute approximate surface area is 209 Å². The molecule has 2 aromatic carbocycles. The predicted molar refractivity (Wildman–Crippen MR) is 136 cm³/mol. The summed E-state index contributed by atoms with van der Waals surface area (Å²) in [6.45, 7) is 7.75. The molecule has 1 fully saturated rings. The quantitative estimate of drug-likeness (QED) is 0.467. The van der Waals surface area contributed by atoms with Gasteiger partial charge in [0.25, 0.3) is 5.91 Å². The Morgan fingerprint density at radius 3 is 2.56 bits per heavy atom. The number of rotatable bonds is 6. The van der Waals surface area contributed by atoms with Gasteiger partial charge < -0.3 is 18.8 Å². The van der Waals surface area contributed by atoms with Gasteiger partial charge in [0, 0.05) is 6.04 Å². The highest BCUT2D eigenvalue weighted by atomic mass is 32.2. The molecule has 5 rings (SSSR count). The minimum atomic E-state index is -3.30. The highest BCUT2D eigenvalue weighted by molar-refractivity contribution is 7.91. The first kappa shape index (κ1) is 24.1. The summed E-state index contributed by atoms with van der Waals surface area (Å²) in [4.78, 5) is 29.1. The number of ether oxygens (including phenoxy) is 2. The summed E-state index contributed by atoms with van der Waals surface area (Å²) in [6.07, 6.45) is 1.91. The van der Waals surface area contributed by atoms with E-state index in [1.165, 1.54) is 12.0 Å². The van der Waals surface area contributed by atoms with E-state index in [4.69, 9.17) is 13.9 Å². The first-order valence-corrected chi connectivity index (χ1v) is 13.5. The Balaban J connectivity index is 1.73. The van der Waals surface area contributed by atoms with E-state index in [0.29, 0.717) is 34.5 Å². The molecular formula is C27H27NO7S. The van der Waals surface area contributed by atoms with Gasteiger partial charge in [0.05, 0.1) is 35.6 Å². The molecule has 1 saturated heterocycles. The van der Waals surface area contributed by atoms with E-state index in [-0.39, 0.29) is 34.9 Å². The van der Waals surface area contributed by atoms with E-state index in [1.807, 2.05) is 13.8 Å². The second-order valence-corrected chi connectivity index (χ2v) is 11.5. The van der Waals surface area contributed by atoms with Crippen LogP contribution in [0, 0.1) is 13.8 Å². The van der Waals surface area contributed by atoms with Gasteiger partial charge in [-0.15, -0.1) is 0 Å². The van der Waals surface area contributed by atoms with Crippen molar-refractivity contribution < 1.29 is 27.1 Å². The third kappa shape index (κ3) is 3.87. The second kappa shape index (κ2) is 8.81. The number of benzene rings is 2. The maximum atomic E-state index is 13.8. The van der Waals surface area contributed by atoms with Gasteiger partial charge in [-0.3, -0.25) is 9.59 Å². The lowest BCUT2D eigenvalue weighted by Crippen LogP contribution is -2.40. The normalized spacial score (nSPS) is 20.5. The summed E-state index contributed by atoms with van der Waals surface area (Å²) in [5.41, 5.74) is 2.71. The maximum Gasteiger partial charge on any atom is 0.291 e. The Bertz CT molecular complexity index is 1570. The van der Waals surface area contributed by atoms with E-state index in [1.54, 1.807) is 36.4 Å². The van der Waals surface area contributed by atoms with E-state index in [0.717, 1.165) is 11.1 Å². The zero-order valence-corrected chi connectivity index (χ0v) is 21.2. The van der Waals surface area contributed by atoms with Crippen molar-refractivity contribution in [2.45, 2.75) is 32.4 Å². The van der Waals surface area contributed by atoms with Crippen molar-refractivity contribution >= 4 is 26.7 Å². The van der Waals surface area contributed by atoms with E-state index in [9.17, 15) is 18.0 Å². The number of aryl methyl sites for hydroxylation is 2. The highest BCUT2D eigenvalue weighted by Gasteiger charge is 2.48. The number of fused-ring (bicyclic) bond motifs is 2. The average molecular weight is 510 g/mol. The molecule has 0 saturated carbocycles. The number of carbonyl (C=O) groups excluding carboxylic acids is 1. The molecule has 1 aromatic heterocycles. The van der Waals surface area contributed by atoms with E-state index >= 15 is 0 Å². The van der Waals surface area contributed by atoms with Crippen LogP contribution in [0.1, 0.15) is 45.3 Å². The van der Waals surface area contributed by atoms with Gasteiger partial charge in [-0.1, -0.05) is 18.7 Å². The molecule has 3 aromatic rings. The standard InChI is InChI=1S/C27H27NO7S/c1-5-9-34-20-7-6-17(13-22(20)33-4)24-23-25(29)19-11-15(2)16(3)12-21(19)35-26(23)27(30)28(24)18-8-10-36(31,32)14-18/h5-7,11-13,18,24H,1,8-10,14H2,2-4H3. The third-order valence-corrected chi connectivity index (χ3v) is 8.73. The predicted octanol–water partition coefficient (Wildman–Crippen LogP) is 3.72. The maximum absolute atomic E-state index is 13.8. The Kier molecular flexibility index (Phi) is 5.90. The van der Waals surface area contributed by atoms with Crippen LogP contribution >= 0.6 is 0 Å². The molecule has 9 heteroatoms. The van der Waals surface area contributed by atoms with Crippen LogP contribution in [0.25, 0.3) is 11.0 Å². The summed E-state index contributed by atoms with van der Waals surface area (Å²) in [5, 5.41) is 0.383. The van der Waals surface area contributed by atoms with Crippen molar-refractivity contribution in [2.75, 3.05) is 25.2 Å². The monoisotopic (exact) mass is 509 g/mol. The number of carbonyl (C=O) groups is 1. The number of sulfone groups is 1. The topological polar surface area (TPSA) is 103 Å². The van der Waals surface area contributed by atoms with Gasteiger partial charge in [-0.25, -0.2) is 8.42 Å². The Hall–Kier alpha value is -3.59. The molecule has 0 N–H and O–H groups in total. The van der Waals surface area contributed by atoms with Crippen LogP contribution in [-0.4, -0.2) is 50.5 Å². The fraction of sp³-hybridized carbons (Fsp3) is 0.333. The molecule has 0 spiro atoms. The smallest absolute Gasteiger partial charge is 0.291 e. The molecule has 3 heterocycles. The van der Waals surface area contributed by atoms with Crippen molar-refractivity contribution in [3.63, 3.8) is 0 Å². The number of hydrogen-bond donors (Lipinski definition) is 0. The third-order valence-electron chi connectivity index (χ3n) is 6.98. The minimum absolute atomic E-state index is 0.0100. The van der Waals surface area contributed by atoms with Crippen LogP contribution in [0.2, 0.25) is 0 Å². The average Bonchev–Trinajstić information content (AvgIpc) is 3.35. The minimum Gasteiger partial charge on any atom is -0.493 e. The van der Waals surface area contributed by atoms with Crippen molar-refractivity contribution in [1.82, 2.24) is 4.90 Å². The number of amides is 1. The van der Waals surface area contributed by atoms with Gasteiger partial charge in [0.1, 0.15) is 12.2 Å². The van der Waals surface area contributed by atoms with E-state index in [2.05, 4.69) is 6.58 Å². The molecular weight excluding hydrogens is 482 g/mol. The summed E-state index contributed by atoms with van der Waals surface area (Å²) in [5.74, 6) is 0.205. The first-order valence-electron chi connectivity index (χ1n) is 11.7. The molecule has 1 amide bonds. The molecule has 36 heavy (non-hydrogen) atoms. The van der Waals surface area contributed by atoms with Gasteiger partial charge >= 0.3 is 0 Å². The van der Waals surface area contributed by atoms with Crippen LogP contribution in [0.5, 0.6) is 11.5 Å². The molecule has 2 atom stereocenters. The van der Waals surface area contributed by atoms with Gasteiger partial charge in [0.15, 0.2) is 26.8 Å². The zero-order chi connectivity index (χ0) is 25.8. The molecule has 8 nitrogen and oxygen atoms in total. The lowest BCUT2D eigenvalue weighted by molar-refractivity contribution is 0.0662. The molecule has 2 unspecified atom stereocenters. The Morgan fingerprint density at radius 1 is 1.14 bits per heavy atom. The fourth-order valence-corrected chi connectivity index (χ4v) is 6.78. The molecule has 0 bridgehead atoms. The van der Waals surface area contributed by atoms with Crippen molar-refractivity contribution in [2.24, 2.45) is 0 Å². The molecule has 188 valence electrons. The van der Waals surface area contributed by atoms with Crippen LogP contribution in [0.15, 0.2) is 52.2 Å². The SMILES string of the molecule is C=CCOc1ccc(C2c3c(oc4cc(C)c(C)cc4c3=O)C(=O)N2C2CCS(=O)(=O)C2)cc1OC. The Morgan fingerprint density at radius 2 is 1.89 bits per heavy atom. The molecule has 2 aliphatic rings. The lowest BCUT2D eigenvalue weighted by atomic mass is 9.96. The molecule has 2 aliphatic heterocycles. The first-order chi connectivity index (χ1) is 17.1. The van der Waals surface area contributed by atoms with Crippen LogP contribution in [-0.2, 0) is 9.84 Å². The highest BCUT2D eigenvalue weighted by Crippen LogP contribution is 2.43. The van der Waals surface area contributed by atoms with Crippen molar-refractivity contribution in [1.29, 1.82) is 0 Å².